The van der Waals surface area contributed by atoms with E-state index in [0.29, 0.717) is 31.1 Å². The molecule has 2 aliphatic rings. The normalized spacial score (nSPS) is 19.4. The fraction of sp³-hybridized carbons (Fsp3) is 0.400. The monoisotopic (exact) mass is 363 g/mol. The predicted molar refractivity (Wildman–Crippen MR) is 97.6 cm³/mol. The first-order chi connectivity index (χ1) is 13.2. The van der Waals surface area contributed by atoms with Gasteiger partial charge in [-0.3, -0.25) is 9.48 Å². The second kappa shape index (κ2) is 7.62. The maximum absolute atomic E-state index is 13.0. The van der Waals surface area contributed by atoms with Crippen LogP contribution < -0.4 is 4.74 Å². The molecule has 7 nitrogen and oxygen atoms in total. The summed E-state index contributed by atoms with van der Waals surface area (Å²) in [6.45, 7) is 1.55. The van der Waals surface area contributed by atoms with Crippen molar-refractivity contribution in [1.29, 1.82) is 5.26 Å². The molecule has 2 aromatic rings. The average Bonchev–Trinajstić information content (AvgIpc) is 3.07. The Kier molecular flexibility index (Phi) is 4.88. The molecule has 0 N–H and O–H groups in total. The van der Waals surface area contributed by atoms with E-state index < -0.39 is 0 Å². The number of nitrogens with zero attached hydrogens (tertiary/aromatic N) is 5. The highest BCUT2D eigenvalue weighted by Crippen LogP contribution is 2.23. The maximum Gasteiger partial charge on any atom is 0.249 e. The van der Waals surface area contributed by atoms with Crippen LogP contribution in [0.1, 0.15) is 36.9 Å². The van der Waals surface area contributed by atoms with E-state index in [1.54, 1.807) is 18.3 Å². The highest BCUT2D eigenvalue weighted by molar-refractivity contribution is 5.93. The largest absolute Gasteiger partial charge is 0.470 e. The van der Waals surface area contributed by atoms with Crippen molar-refractivity contribution < 1.29 is 9.53 Å². The molecule has 1 aliphatic carbocycles. The average molecular weight is 363 g/mol. The lowest BCUT2D eigenvalue weighted by Crippen LogP contribution is -2.39. The Morgan fingerprint density at radius 1 is 1.26 bits per heavy atom. The highest BCUT2D eigenvalue weighted by Gasteiger charge is 2.28. The van der Waals surface area contributed by atoms with Crippen LogP contribution in [0.2, 0.25) is 0 Å². The van der Waals surface area contributed by atoms with Gasteiger partial charge in [0, 0.05) is 24.0 Å². The molecule has 0 fully saturated rings. The third-order valence-corrected chi connectivity index (χ3v) is 4.96. The minimum Gasteiger partial charge on any atom is -0.470 e. The number of allylic oxidation sites excluding steroid dienone is 1. The number of aromatic nitrogens is 3. The molecule has 3 heterocycles. The second-order valence-electron chi connectivity index (χ2n) is 6.90. The number of carbonyl (C=O) groups is 1. The summed E-state index contributed by atoms with van der Waals surface area (Å²) in [5.74, 6) is 0.532. The number of rotatable bonds is 3. The number of amides is 1. The molecule has 0 aromatic carbocycles. The van der Waals surface area contributed by atoms with Gasteiger partial charge in [0.05, 0.1) is 30.9 Å². The highest BCUT2D eigenvalue weighted by atomic mass is 16.5. The summed E-state index contributed by atoms with van der Waals surface area (Å²) in [6.07, 6.45) is 9.09. The summed E-state index contributed by atoms with van der Waals surface area (Å²) in [5.41, 5.74) is 2.39. The van der Waals surface area contributed by atoms with Crippen LogP contribution >= 0.6 is 0 Å². The molecule has 138 valence electrons. The molecule has 7 heteroatoms. The summed E-state index contributed by atoms with van der Waals surface area (Å²) >= 11 is 0. The number of hydrogen-bond acceptors (Lipinski definition) is 5. The van der Waals surface area contributed by atoms with Gasteiger partial charge in [0.15, 0.2) is 0 Å². The van der Waals surface area contributed by atoms with Gasteiger partial charge in [0.25, 0.3) is 0 Å². The number of carbonyl (C=O) groups excluding carboxylic acids is 1. The summed E-state index contributed by atoms with van der Waals surface area (Å²) < 4.78 is 7.92. The van der Waals surface area contributed by atoms with Crippen molar-refractivity contribution >= 4 is 5.91 Å². The van der Waals surface area contributed by atoms with Gasteiger partial charge in [-0.2, -0.15) is 10.4 Å². The van der Waals surface area contributed by atoms with E-state index in [-0.39, 0.29) is 12.0 Å². The number of fused-ring (bicyclic) bond motifs is 1. The molecule has 27 heavy (non-hydrogen) atoms. The fourth-order valence-corrected chi connectivity index (χ4v) is 3.57. The Bertz CT molecular complexity index is 894. The summed E-state index contributed by atoms with van der Waals surface area (Å²) in [4.78, 5) is 19.1. The molecule has 0 spiro atoms. The van der Waals surface area contributed by atoms with Crippen LogP contribution in [0.5, 0.6) is 5.88 Å². The second-order valence-corrected chi connectivity index (χ2v) is 6.90. The van der Waals surface area contributed by atoms with Gasteiger partial charge in [-0.25, -0.2) is 4.98 Å². The van der Waals surface area contributed by atoms with Crippen LogP contribution in [0.15, 0.2) is 42.2 Å². The minimum atomic E-state index is -0.264. The van der Waals surface area contributed by atoms with Gasteiger partial charge in [-0.15, -0.1) is 0 Å². The standard InChI is InChI=1S/C20H21N5O2/c21-10-15-6-7-19(22-11-15)27-18-13-24(12-17-8-9-23-25(17)14-18)20(26)16-4-2-1-3-5-16/h4,6-9,11,18H,1-3,5,12-14H2. The molecule has 0 radical (unpaired) electrons. The first-order valence-electron chi connectivity index (χ1n) is 9.25. The Labute approximate surface area is 157 Å². The third-order valence-electron chi connectivity index (χ3n) is 4.96. The molecule has 0 saturated carbocycles. The molecule has 4 rings (SSSR count). The summed E-state index contributed by atoms with van der Waals surface area (Å²) in [6, 6.07) is 7.35. The van der Waals surface area contributed by atoms with Gasteiger partial charge in [0.1, 0.15) is 12.2 Å². The third kappa shape index (κ3) is 3.85. The molecule has 1 atom stereocenters. The Morgan fingerprint density at radius 3 is 2.93 bits per heavy atom. The topological polar surface area (TPSA) is 84.0 Å². The summed E-state index contributed by atoms with van der Waals surface area (Å²) in [7, 11) is 0. The van der Waals surface area contributed by atoms with Crippen molar-refractivity contribution in [2.24, 2.45) is 0 Å². The van der Waals surface area contributed by atoms with Gasteiger partial charge in [0.2, 0.25) is 11.8 Å². The molecule has 0 bridgehead atoms. The van der Waals surface area contributed by atoms with Crippen LogP contribution in [0.3, 0.4) is 0 Å². The Hall–Kier alpha value is -3.14. The van der Waals surface area contributed by atoms with Gasteiger partial charge >= 0.3 is 0 Å². The van der Waals surface area contributed by atoms with Crippen molar-refractivity contribution in [3.63, 3.8) is 0 Å². The van der Waals surface area contributed by atoms with Crippen molar-refractivity contribution in [2.75, 3.05) is 6.54 Å². The first-order valence-corrected chi connectivity index (χ1v) is 9.25. The van der Waals surface area contributed by atoms with E-state index in [4.69, 9.17) is 10.00 Å². The zero-order valence-electron chi connectivity index (χ0n) is 15.0. The zero-order chi connectivity index (χ0) is 18.6. The first kappa shape index (κ1) is 17.3. The number of ether oxygens (including phenoxy) is 1. The smallest absolute Gasteiger partial charge is 0.249 e. The number of pyridine rings is 1. The van der Waals surface area contributed by atoms with Crippen molar-refractivity contribution in [2.45, 2.75) is 44.9 Å². The molecule has 1 amide bonds. The van der Waals surface area contributed by atoms with E-state index in [1.807, 2.05) is 21.7 Å². The van der Waals surface area contributed by atoms with E-state index in [0.717, 1.165) is 37.0 Å². The quantitative estimate of drug-likeness (QED) is 0.836. The van der Waals surface area contributed by atoms with Gasteiger partial charge in [-0.1, -0.05) is 6.08 Å². The van der Waals surface area contributed by atoms with Crippen molar-refractivity contribution in [3.8, 4) is 11.9 Å². The predicted octanol–water partition coefficient (Wildman–Crippen LogP) is 2.44. The van der Waals surface area contributed by atoms with E-state index >= 15 is 0 Å². The van der Waals surface area contributed by atoms with Crippen LogP contribution in [0.25, 0.3) is 0 Å². The fourth-order valence-electron chi connectivity index (χ4n) is 3.57. The van der Waals surface area contributed by atoms with Crippen LogP contribution in [0.4, 0.5) is 0 Å². The Morgan fingerprint density at radius 2 is 2.19 bits per heavy atom. The molecular weight excluding hydrogens is 342 g/mol. The van der Waals surface area contributed by atoms with E-state index in [2.05, 4.69) is 16.2 Å². The SMILES string of the molecule is N#Cc1ccc(OC2CN(C(=O)C3=CCCCC3)Cc3ccnn3C2)nc1. The maximum atomic E-state index is 13.0. The lowest BCUT2D eigenvalue weighted by atomic mass is 9.98. The molecule has 1 aliphatic heterocycles. The van der Waals surface area contributed by atoms with E-state index in [9.17, 15) is 4.79 Å². The van der Waals surface area contributed by atoms with Crippen LogP contribution in [0, 0.1) is 11.3 Å². The molecular formula is C20H21N5O2. The van der Waals surface area contributed by atoms with Crippen molar-refractivity contribution in [1.82, 2.24) is 19.7 Å². The van der Waals surface area contributed by atoms with Crippen LogP contribution in [-0.4, -0.2) is 38.2 Å². The van der Waals surface area contributed by atoms with Crippen LogP contribution in [-0.2, 0) is 17.9 Å². The lowest BCUT2D eigenvalue weighted by molar-refractivity contribution is -0.129. The lowest BCUT2D eigenvalue weighted by Gasteiger charge is -2.26. The number of hydrogen-bond donors (Lipinski definition) is 0. The van der Waals surface area contributed by atoms with E-state index in [1.165, 1.54) is 6.20 Å². The number of nitriles is 1. The molecule has 0 saturated heterocycles. The Balaban J connectivity index is 1.55. The molecule has 2 aromatic heterocycles. The van der Waals surface area contributed by atoms with Gasteiger partial charge < -0.3 is 9.64 Å². The zero-order valence-corrected chi connectivity index (χ0v) is 15.0. The summed E-state index contributed by atoms with van der Waals surface area (Å²) in [5, 5.41) is 13.3. The van der Waals surface area contributed by atoms with Crippen molar-refractivity contribution in [3.05, 3.63) is 53.5 Å². The van der Waals surface area contributed by atoms with Gasteiger partial charge in [-0.05, 0) is 37.8 Å². The minimum absolute atomic E-state index is 0.0886. The molecule has 1 unspecified atom stereocenters.